The number of aromatic nitrogens is 1. The smallest absolute Gasteiger partial charge is 0.273 e. The number of benzene rings is 1. The second-order valence-corrected chi connectivity index (χ2v) is 6.98. The summed E-state index contributed by atoms with van der Waals surface area (Å²) in [5, 5.41) is 3.46. The van der Waals surface area contributed by atoms with Crippen molar-refractivity contribution < 1.29 is 14.0 Å². The number of carbonyl (C=O) groups is 2. The number of oxazole rings is 1. The third kappa shape index (κ3) is 3.85. The zero-order chi connectivity index (χ0) is 17.4. The number of rotatable bonds is 6. The van der Waals surface area contributed by atoms with Crippen molar-refractivity contribution >= 4 is 23.4 Å². The second-order valence-electron chi connectivity index (χ2n) is 6.55. The average molecular weight is 360 g/mol. The van der Waals surface area contributed by atoms with E-state index in [1.807, 2.05) is 0 Å². The minimum Gasteiger partial charge on any atom is -0.446 e. The van der Waals surface area contributed by atoms with Gasteiger partial charge >= 0.3 is 0 Å². The molecule has 0 atom stereocenters. The van der Waals surface area contributed by atoms with Crippen molar-refractivity contribution in [1.82, 2.24) is 15.2 Å². The predicted molar refractivity (Wildman–Crippen MR) is 91.3 cm³/mol. The molecule has 2 aliphatic carbocycles. The molecule has 0 unspecified atom stereocenters. The Balaban J connectivity index is 1.46. The molecule has 25 heavy (non-hydrogen) atoms. The van der Waals surface area contributed by atoms with Gasteiger partial charge in [0.1, 0.15) is 6.26 Å². The number of hydrogen-bond donors (Lipinski definition) is 1. The summed E-state index contributed by atoms with van der Waals surface area (Å²) in [5.41, 5.74) is 0.839. The highest BCUT2D eigenvalue weighted by molar-refractivity contribution is 6.30. The lowest BCUT2D eigenvalue weighted by atomic mass is 10.2. The highest BCUT2D eigenvalue weighted by Crippen LogP contribution is 2.30. The Kier molecular flexibility index (Phi) is 4.21. The molecule has 0 saturated heterocycles. The van der Waals surface area contributed by atoms with Gasteiger partial charge < -0.3 is 14.6 Å². The van der Waals surface area contributed by atoms with Gasteiger partial charge in [0.2, 0.25) is 5.89 Å². The van der Waals surface area contributed by atoms with E-state index in [0.29, 0.717) is 16.5 Å². The largest absolute Gasteiger partial charge is 0.446 e. The summed E-state index contributed by atoms with van der Waals surface area (Å²) in [6.07, 6.45) is 5.32. The van der Waals surface area contributed by atoms with E-state index in [1.54, 1.807) is 29.2 Å². The van der Waals surface area contributed by atoms with Gasteiger partial charge in [0.15, 0.2) is 5.69 Å². The Morgan fingerprint density at radius 2 is 1.92 bits per heavy atom. The molecule has 0 radical (unpaired) electrons. The van der Waals surface area contributed by atoms with Gasteiger partial charge in [0, 0.05) is 22.7 Å². The van der Waals surface area contributed by atoms with Gasteiger partial charge in [0.05, 0.1) is 6.54 Å². The molecule has 2 amide bonds. The van der Waals surface area contributed by atoms with Crippen LogP contribution >= 0.6 is 11.6 Å². The molecule has 1 aromatic carbocycles. The predicted octanol–water partition coefficient (Wildman–Crippen LogP) is 3.03. The van der Waals surface area contributed by atoms with Crippen LogP contribution in [0.2, 0.25) is 5.02 Å². The molecule has 0 aliphatic heterocycles. The first-order valence-electron chi connectivity index (χ1n) is 8.42. The first-order chi connectivity index (χ1) is 12.1. The fourth-order valence-corrected chi connectivity index (χ4v) is 2.76. The summed E-state index contributed by atoms with van der Waals surface area (Å²) in [6, 6.07) is 7.28. The highest BCUT2D eigenvalue weighted by atomic mass is 35.5. The summed E-state index contributed by atoms with van der Waals surface area (Å²) in [6.45, 7) is 0.253. The van der Waals surface area contributed by atoms with Crippen molar-refractivity contribution in [3.05, 3.63) is 52.7 Å². The average Bonchev–Trinajstić information content (AvgIpc) is 3.53. The third-order valence-electron chi connectivity index (χ3n) is 4.34. The van der Waals surface area contributed by atoms with Crippen molar-refractivity contribution in [2.45, 2.75) is 44.3 Å². The van der Waals surface area contributed by atoms with Crippen LogP contribution in [0, 0.1) is 0 Å². The number of nitrogens with zero attached hydrogens (tertiary/aromatic N) is 2. The van der Waals surface area contributed by atoms with Crippen molar-refractivity contribution in [3.63, 3.8) is 0 Å². The van der Waals surface area contributed by atoms with Crippen molar-refractivity contribution in [1.29, 1.82) is 0 Å². The van der Waals surface area contributed by atoms with Crippen LogP contribution in [0.4, 0.5) is 0 Å². The van der Waals surface area contributed by atoms with Crippen molar-refractivity contribution in [2.24, 2.45) is 0 Å². The van der Waals surface area contributed by atoms with E-state index in [0.717, 1.165) is 25.7 Å². The molecule has 7 heteroatoms. The maximum Gasteiger partial charge on any atom is 0.273 e. The molecule has 2 aliphatic rings. The Labute approximate surface area is 150 Å². The molecule has 1 N–H and O–H groups in total. The summed E-state index contributed by atoms with van der Waals surface area (Å²) in [7, 11) is 0. The lowest BCUT2D eigenvalue weighted by Crippen LogP contribution is -2.32. The molecule has 130 valence electrons. The lowest BCUT2D eigenvalue weighted by Gasteiger charge is -2.20. The van der Waals surface area contributed by atoms with E-state index in [9.17, 15) is 9.59 Å². The maximum atomic E-state index is 12.8. The summed E-state index contributed by atoms with van der Waals surface area (Å²) >= 11 is 5.89. The van der Waals surface area contributed by atoms with Crippen molar-refractivity contribution in [2.75, 3.05) is 0 Å². The summed E-state index contributed by atoms with van der Waals surface area (Å²) < 4.78 is 5.41. The second kappa shape index (κ2) is 6.52. The van der Waals surface area contributed by atoms with E-state index in [2.05, 4.69) is 10.3 Å². The van der Waals surface area contributed by atoms with Crippen LogP contribution in [0.1, 0.15) is 52.4 Å². The first kappa shape index (κ1) is 16.1. The van der Waals surface area contributed by atoms with Crippen LogP contribution in [0.25, 0.3) is 0 Å². The Hall–Kier alpha value is -2.34. The highest BCUT2D eigenvalue weighted by Gasteiger charge is 2.34. The summed E-state index contributed by atoms with van der Waals surface area (Å²) in [4.78, 5) is 30.8. The SMILES string of the molecule is O=C(NC1CC1)c1coc(CN(C(=O)c2ccc(Cl)cc2)C2CC2)n1. The zero-order valence-electron chi connectivity index (χ0n) is 13.6. The molecule has 4 rings (SSSR count). The molecule has 1 aromatic heterocycles. The quantitative estimate of drug-likeness (QED) is 0.860. The van der Waals surface area contributed by atoms with Crippen LogP contribution in [-0.4, -0.2) is 33.8 Å². The van der Waals surface area contributed by atoms with Crippen molar-refractivity contribution in [3.8, 4) is 0 Å². The standard InChI is InChI=1S/C18H18ClN3O3/c19-12-3-1-11(2-4-12)18(24)22(14-7-8-14)9-16-21-15(10-25-16)17(23)20-13-5-6-13/h1-4,10,13-14H,5-9H2,(H,20,23). The molecule has 2 aromatic rings. The fourth-order valence-electron chi connectivity index (χ4n) is 2.63. The number of hydrogen-bond acceptors (Lipinski definition) is 4. The Morgan fingerprint density at radius 3 is 2.56 bits per heavy atom. The first-order valence-corrected chi connectivity index (χ1v) is 8.80. The molecule has 2 saturated carbocycles. The molecule has 0 spiro atoms. The van der Waals surface area contributed by atoms with Gasteiger partial charge in [-0.05, 0) is 49.9 Å². The molecular formula is C18H18ClN3O3. The minimum atomic E-state index is -0.223. The maximum absolute atomic E-state index is 12.8. The third-order valence-corrected chi connectivity index (χ3v) is 4.59. The van der Waals surface area contributed by atoms with Gasteiger partial charge in [-0.1, -0.05) is 11.6 Å². The number of nitrogens with one attached hydrogen (secondary N) is 1. The van der Waals surface area contributed by atoms with Gasteiger partial charge in [-0.3, -0.25) is 9.59 Å². The van der Waals surface area contributed by atoms with E-state index >= 15 is 0 Å². The van der Waals surface area contributed by atoms with E-state index < -0.39 is 0 Å². The summed E-state index contributed by atoms with van der Waals surface area (Å²) in [5.74, 6) is 0.0657. The Morgan fingerprint density at radius 1 is 1.20 bits per heavy atom. The fraction of sp³-hybridized carbons (Fsp3) is 0.389. The zero-order valence-corrected chi connectivity index (χ0v) is 14.3. The topological polar surface area (TPSA) is 75.4 Å². The minimum absolute atomic E-state index is 0.0821. The van der Waals surface area contributed by atoms with Gasteiger partial charge in [-0.25, -0.2) is 4.98 Å². The number of halogens is 1. The molecule has 2 fully saturated rings. The lowest BCUT2D eigenvalue weighted by molar-refractivity contribution is 0.0714. The van der Waals surface area contributed by atoms with Crippen LogP contribution in [0.3, 0.4) is 0 Å². The number of carbonyl (C=O) groups excluding carboxylic acids is 2. The molecule has 0 bridgehead atoms. The van der Waals surface area contributed by atoms with Gasteiger partial charge in [-0.15, -0.1) is 0 Å². The monoisotopic (exact) mass is 359 g/mol. The molecule has 6 nitrogen and oxygen atoms in total. The van der Waals surface area contributed by atoms with E-state index in [1.165, 1.54) is 6.26 Å². The van der Waals surface area contributed by atoms with Crippen LogP contribution in [-0.2, 0) is 6.54 Å². The van der Waals surface area contributed by atoms with Gasteiger partial charge in [0.25, 0.3) is 11.8 Å². The van der Waals surface area contributed by atoms with Gasteiger partial charge in [-0.2, -0.15) is 0 Å². The van der Waals surface area contributed by atoms with E-state index in [-0.39, 0.29) is 36.1 Å². The Bertz CT molecular complexity index is 794. The van der Waals surface area contributed by atoms with Crippen LogP contribution in [0.15, 0.2) is 34.9 Å². The normalized spacial score (nSPS) is 16.5. The molecule has 1 heterocycles. The number of amides is 2. The van der Waals surface area contributed by atoms with Crippen LogP contribution < -0.4 is 5.32 Å². The van der Waals surface area contributed by atoms with Crippen LogP contribution in [0.5, 0.6) is 0 Å². The van der Waals surface area contributed by atoms with E-state index in [4.69, 9.17) is 16.0 Å². The molecular weight excluding hydrogens is 342 g/mol.